The van der Waals surface area contributed by atoms with Crippen LogP contribution in [-0.4, -0.2) is 55.9 Å². The van der Waals surface area contributed by atoms with Gasteiger partial charge in [-0.25, -0.2) is 14.4 Å². The van der Waals surface area contributed by atoms with Crippen molar-refractivity contribution in [2.45, 2.75) is 19.4 Å². The van der Waals surface area contributed by atoms with E-state index in [-0.39, 0.29) is 17.2 Å². The van der Waals surface area contributed by atoms with E-state index in [4.69, 9.17) is 0 Å². The van der Waals surface area contributed by atoms with E-state index in [9.17, 15) is 9.18 Å². The first kappa shape index (κ1) is 19.0. The molecule has 32 heavy (non-hydrogen) atoms. The zero-order chi connectivity index (χ0) is 21.8. The number of hydrogen-bond donors (Lipinski definition) is 0. The highest BCUT2D eigenvalue weighted by atomic mass is 19.1. The van der Waals surface area contributed by atoms with Gasteiger partial charge in [0.1, 0.15) is 5.65 Å². The number of hydrogen-bond acceptors (Lipinski definition) is 5. The Morgan fingerprint density at radius 3 is 2.91 bits per heavy atom. The summed E-state index contributed by atoms with van der Waals surface area (Å²) in [5, 5.41) is 0. The molecular weight excluding hydrogens is 407 g/mol. The quantitative estimate of drug-likeness (QED) is 0.459. The van der Waals surface area contributed by atoms with Crippen molar-refractivity contribution in [1.29, 1.82) is 0 Å². The van der Waals surface area contributed by atoms with Crippen LogP contribution in [0.3, 0.4) is 0 Å². The SMILES string of the molecule is Cc1cn2cc(-c3cc(=O)n4cc(N5CCN6CCC#C[C@H]6C5)ccc4n3)cc(F)c2n1. The third-order valence-electron chi connectivity index (χ3n) is 6.22. The molecule has 4 aromatic rings. The van der Waals surface area contributed by atoms with Crippen molar-refractivity contribution in [1.82, 2.24) is 23.7 Å². The molecule has 6 rings (SSSR count). The smallest absolute Gasteiger partial charge is 0.258 e. The second kappa shape index (κ2) is 7.18. The molecule has 2 aliphatic rings. The average molecular weight is 428 g/mol. The van der Waals surface area contributed by atoms with Crippen molar-refractivity contribution in [3.05, 3.63) is 64.7 Å². The second-order valence-corrected chi connectivity index (χ2v) is 8.35. The third kappa shape index (κ3) is 3.13. The first-order valence-corrected chi connectivity index (χ1v) is 10.7. The Kier molecular flexibility index (Phi) is 4.26. The van der Waals surface area contributed by atoms with Crippen LogP contribution in [0.2, 0.25) is 0 Å². The Balaban J connectivity index is 1.37. The summed E-state index contributed by atoms with van der Waals surface area (Å²) in [6.07, 6.45) is 6.27. The zero-order valence-electron chi connectivity index (χ0n) is 17.6. The molecule has 0 radical (unpaired) electrons. The van der Waals surface area contributed by atoms with E-state index >= 15 is 0 Å². The van der Waals surface area contributed by atoms with E-state index in [1.165, 1.54) is 12.1 Å². The fraction of sp³-hybridized carbons (Fsp3) is 0.292. The van der Waals surface area contributed by atoms with Crippen molar-refractivity contribution >= 4 is 17.0 Å². The van der Waals surface area contributed by atoms with Crippen molar-refractivity contribution < 1.29 is 4.39 Å². The van der Waals surface area contributed by atoms with Gasteiger partial charge in [-0.3, -0.25) is 14.1 Å². The van der Waals surface area contributed by atoms with Crippen LogP contribution in [0.15, 0.2) is 47.7 Å². The predicted octanol–water partition coefficient (Wildman–Crippen LogP) is 2.35. The van der Waals surface area contributed by atoms with Gasteiger partial charge in [0.2, 0.25) is 0 Å². The fourth-order valence-electron chi connectivity index (χ4n) is 4.59. The van der Waals surface area contributed by atoms with E-state index in [0.29, 0.717) is 16.9 Å². The lowest BCUT2D eigenvalue weighted by atomic mass is 10.1. The Labute approximate surface area is 183 Å². The maximum absolute atomic E-state index is 14.5. The Morgan fingerprint density at radius 1 is 1.09 bits per heavy atom. The van der Waals surface area contributed by atoms with E-state index in [2.05, 4.69) is 31.6 Å². The average Bonchev–Trinajstić information content (AvgIpc) is 3.19. The van der Waals surface area contributed by atoms with Gasteiger partial charge in [0.25, 0.3) is 5.56 Å². The molecule has 1 saturated heterocycles. The van der Waals surface area contributed by atoms with Crippen molar-refractivity contribution in [2.75, 3.05) is 31.1 Å². The molecule has 0 unspecified atom stereocenters. The molecule has 1 atom stereocenters. The van der Waals surface area contributed by atoms with Gasteiger partial charge in [0, 0.05) is 62.8 Å². The van der Waals surface area contributed by atoms with E-state index in [0.717, 1.165) is 44.0 Å². The van der Waals surface area contributed by atoms with Gasteiger partial charge in [-0.05, 0) is 25.1 Å². The number of imidazole rings is 1. The second-order valence-electron chi connectivity index (χ2n) is 8.35. The molecule has 0 N–H and O–H groups in total. The first-order valence-electron chi connectivity index (χ1n) is 10.7. The molecular formula is C24H21FN6O. The highest BCUT2D eigenvalue weighted by molar-refractivity contribution is 5.64. The number of piperazine rings is 1. The van der Waals surface area contributed by atoms with Gasteiger partial charge in [-0.2, -0.15) is 0 Å². The third-order valence-corrected chi connectivity index (χ3v) is 6.22. The maximum atomic E-state index is 14.5. The van der Waals surface area contributed by atoms with Crippen molar-refractivity contribution in [3.8, 4) is 23.1 Å². The van der Waals surface area contributed by atoms with Crippen LogP contribution in [0.1, 0.15) is 12.1 Å². The van der Waals surface area contributed by atoms with Crippen LogP contribution < -0.4 is 10.5 Å². The molecule has 160 valence electrons. The normalized spacial score (nSPS) is 18.6. The molecule has 7 nitrogen and oxygen atoms in total. The van der Waals surface area contributed by atoms with Crippen LogP contribution in [-0.2, 0) is 0 Å². The lowest BCUT2D eigenvalue weighted by Gasteiger charge is -2.41. The number of aromatic nitrogens is 4. The van der Waals surface area contributed by atoms with Gasteiger partial charge in [-0.15, -0.1) is 5.92 Å². The fourth-order valence-corrected chi connectivity index (χ4v) is 4.59. The summed E-state index contributed by atoms with van der Waals surface area (Å²) >= 11 is 0. The van der Waals surface area contributed by atoms with E-state index in [1.807, 2.05) is 25.3 Å². The van der Waals surface area contributed by atoms with Gasteiger partial charge >= 0.3 is 0 Å². The molecule has 8 heteroatoms. The predicted molar refractivity (Wildman–Crippen MR) is 120 cm³/mol. The summed E-state index contributed by atoms with van der Waals surface area (Å²) < 4.78 is 17.7. The molecule has 0 saturated carbocycles. The molecule has 1 fully saturated rings. The molecule has 0 amide bonds. The highest BCUT2D eigenvalue weighted by Crippen LogP contribution is 2.23. The summed E-state index contributed by atoms with van der Waals surface area (Å²) in [5.41, 5.74) is 3.24. The molecule has 0 aromatic carbocycles. The zero-order valence-corrected chi connectivity index (χ0v) is 17.6. The van der Waals surface area contributed by atoms with Gasteiger partial charge in [-0.1, -0.05) is 5.92 Å². The maximum Gasteiger partial charge on any atom is 0.258 e. The topological polar surface area (TPSA) is 58.2 Å². The minimum atomic E-state index is -0.446. The molecule has 4 aromatic heterocycles. The summed E-state index contributed by atoms with van der Waals surface area (Å²) in [6, 6.07) is 6.89. The standard InChI is InChI=1S/C24H21FN6O/c1-16-12-30-13-17(10-20(25)24(30)26-16)21-11-23(32)31-15-19(5-6-22(31)27-21)29-9-8-28-7-3-2-4-18(28)14-29/h5-6,10-13,15,18H,3,7-9,14H2,1H3/t18-/m0/s1. The monoisotopic (exact) mass is 428 g/mol. The number of pyridine rings is 2. The minimum absolute atomic E-state index is 0.203. The number of fused-ring (bicyclic) bond motifs is 3. The molecule has 0 aliphatic carbocycles. The minimum Gasteiger partial charge on any atom is -0.366 e. The number of aryl methyl sites for hydroxylation is 1. The Hall–Kier alpha value is -3.70. The van der Waals surface area contributed by atoms with Crippen molar-refractivity contribution in [2.24, 2.45) is 0 Å². The lowest BCUT2D eigenvalue weighted by molar-refractivity contribution is 0.214. The van der Waals surface area contributed by atoms with Gasteiger partial charge < -0.3 is 9.30 Å². The van der Waals surface area contributed by atoms with Gasteiger partial charge in [0.15, 0.2) is 11.5 Å². The summed E-state index contributed by atoms with van der Waals surface area (Å²) in [7, 11) is 0. The van der Waals surface area contributed by atoms with Crippen LogP contribution in [0.25, 0.3) is 22.6 Å². The number of anilines is 1. The first-order chi connectivity index (χ1) is 15.5. The van der Waals surface area contributed by atoms with E-state index in [1.54, 1.807) is 21.2 Å². The van der Waals surface area contributed by atoms with E-state index < -0.39 is 5.82 Å². The highest BCUT2D eigenvalue weighted by Gasteiger charge is 2.27. The summed E-state index contributed by atoms with van der Waals surface area (Å²) in [6.45, 7) is 5.52. The molecule has 6 heterocycles. The number of halogens is 1. The molecule has 0 spiro atoms. The van der Waals surface area contributed by atoms with Crippen LogP contribution in [0.4, 0.5) is 10.1 Å². The van der Waals surface area contributed by atoms with Crippen LogP contribution >= 0.6 is 0 Å². The molecule has 0 bridgehead atoms. The largest absolute Gasteiger partial charge is 0.366 e. The number of rotatable bonds is 2. The lowest BCUT2D eigenvalue weighted by Crippen LogP contribution is -2.53. The van der Waals surface area contributed by atoms with Crippen LogP contribution in [0, 0.1) is 24.6 Å². The Bertz CT molecular complexity index is 1490. The summed E-state index contributed by atoms with van der Waals surface area (Å²) in [4.78, 5) is 26.4. The number of nitrogens with zero attached hydrogens (tertiary/aromatic N) is 6. The van der Waals surface area contributed by atoms with Crippen LogP contribution in [0.5, 0.6) is 0 Å². The Morgan fingerprint density at radius 2 is 2.00 bits per heavy atom. The van der Waals surface area contributed by atoms with Crippen molar-refractivity contribution in [3.63, 3.8) is 0 Å². The van der Waals surface area contributed by atoms with Gasteiger partial charge in [0.05, 0.1) is 23.1 Å². The summed E-state index contributed by atoms with van der Waals surface area (Å²) in [5.74, 6) is 6.10. The molecule has 2 aliphatic heterocycles.